The third kappa shape index (κ3) is 6.56. The Morgan fingerprint density at radius 1 is 1.23 bits per heavy atom. The molecule has 1 atom stereocenters. The topological polar surface area (TPSA) is 108 Å². The SMILES string of the molecule is C=CCOC(=O)C(CC(N)=O)NC(=O)OCc1ccccc1. The van der Waals surface area contributed by atoms with Crippen molar-refractivity contribution in [2.45, 2.75) is 19.1 Å². The van der Waals surface area contributed by atoms with Crippen LogP contribution in [-0.4, -0.2) is 30.6 Å². The Labute approximate surface area is 128 Å². The second kappa shape index (κ2) is 9.17. The van der Waals surface area contributed by atoms with E-state index < -0.39 is 24.0 Å². The molecule has 22 heavy (non-hydrogen) atoms. The molecule has 1 rings (SSSR count). The molecular weight excluding hydrogens is 288 g/mol. The van der Waals surface area contributed by atoms with Gasteiger partial charge in [0.15, 0.2) is 0 Å². The van der Waals surface area contributed by atoms with E-state index in [9.17, 15) is 14.4 Å². The predicted molar refractivity (Wildman–Crippen MR) is 78.5 cm³/mol. The average molecular weight is 306 g/mol. The Hall–Kier alpha value is -2.83. The molecule has 0 saturated heterocycles. The van der Waals surface area contributed by atoms with Crippen molar-refractivity contribution in [2.75, 3.05) is 6.61 Å². The molecule has 0 heterocycles. The molecule has 0 aromatic heterocycles. The number of primary amides is 1. The number of carbonyl (C=O) groups is 3. The predicted octanol–water partition coefficient (Wildman–Crippen LogP) is 0.886. The normalized spacial score (nSPS) is 11.1. The smallest absolute Gasteiger partial charge is 0.408 e. The minimum Gasteiger partial charge on any atom is -0.460 e. The first kappa shape index (κ1) is 17.2. The Morgan fingerprint density at radius 3 is 2.50 bits per heavy atom. The van der Waals surface area contributed by atoms with E-state index in [-0.39, 0.29) is 19.6 Å². The maximum Gasteiger partial charge on any atom is 0.408 e. The molecule has 0 radical (unpaired) electrons. The molecule has 1 aromatic rings. The highest BCUT2D eigenvalue weighted by atomic mass is 16.6. The van der Waals surface area contributed by atoms with Crippen molar-refractivity contribution >= 4 is 18.0 Å². The van der Waals surface area contributed by atoms with Crippen LogP contribution in [0.3, 0.4) is 0 Å². The van der Waals surface area contributed by atoms with Gasteiger partial charge in [-0.1, -0.05) is 43.0 Å². The number of nitrogens with two attached hydrogens (primary N) is 1. The number of carbonyl (C=O) groups excluding carboxylic acids is 3. The highest BCUT2D eigenvalue weighted by molar-refractivity contribution is 5.87. The van der Waals surface area contributed by atoms with Gasteiger partial charge in [0, 0.05) is 0 Å². The van der Waals surface area contributed by atoms with Crippen LogP contribution in [0.5, 0.6) is 0 Å². The third-order valence-corrected chi connectivity index (χ3v) is 2.54. The first-order chi connectivity index (χ1) is 10.5. The van der Waals surface area contributed by atoms with Crippen LogP contribution in [0.25, 0.3) is 0 Å². The number of esters is 1. The van der Waals surface area contributed by atoms with E-state index in [1.807, 2.05) is 6.07 Å². The molecular formula is C15H18N2O5. The van der Waals surface area contributed by atoms with E-state index in [2.05, 4.69) is 11.9 Å². The van der Waals surface area contributed by atoms with Crippen LogP contribution in [-0.2, 0) is 25.7 Å². The minimum atomic E-state index is -1.19. The van der Waals surface area contributed by atoms with Crippen molar-refractivity contribution in [1.82, 2.24) is 5.32 Å². The van der Waals surface area contributed by atoms with Crippen molar-refractivity contribution in [2.24, 2.45) is 5.73 Å². The summed E-state index contributed by atoms with van der Waals surface area (Å²) in [5, 5.41) is 2.26. The lowest BCUT2D eigenvalue weighted by Crippen LogP contribution is -2.44. The first-order valence-corrected chi connectivity index (χ1v) is 6.56. The van der Waals surface area contributed by atoms with Gasteiger partial charge in [-0.3, -0.25) is 4.79 Å². The van der Waals surface area contributed by atoms with Gasteiger partial charge in [0.05, 0.1) is 6.42 Å². The van der Waals surface area contributed by atoms with E-state index in [0.29, 0.717) is 0 Å². The molecule has 7 heteroatoms. The lowest BCUT2D eigenvalue weighted by molar-refractivity contribution is -0.146. The van der Waals surface area contributed by atoms with Crippen LogP contribution in [0.4, 0.5) is 4.79 Å². The van der Waals surface area contributed by atoms with Gasteiger partial charge in [0.25, 0.3) is 0 Å². The largest absolute Gasteiger partial charge is 0.460 e. The van der Waals surface area contributed by atoms with E-state index >= 15 is 0 Å². The first-order valence-electron chi connectivity index (χ1n) is 6.56. The fourth-order valence-electron chi connectivity index (χ4n) is 1.54. The summed E-state index contributed by atoms with van der Waals surface area (Å²) in [6.07, 6.45) is 0.147. The van der Waals surface area contributed by atoms with Gasteiger partial charge in [0.2, 0.25) is 5.91 Å². The van der Waals surface area contributed by atoms with Gasteiger partial charge in [-0.2, -0.15) is 0 Å². The summed E-state index contributed by atoms with van der Waals surface area (Å²) in [5.74, 6) is -1.53. The zero-order valence-corrected chi connectivity index (χ0v) is 12.0. The van der Waals surface area contributed by atoms with Gasteiger partial charge >= 0.3 is 12.1 Å². The van der Waals surface area contributed by atoms with Gasteiger partial charge < -0.3 is 20.5 Å². The standard InChI is InChI=1S/C15H18N2O5/c1-2-8-21-14(19)12(9-13(16)18)17-15(20)22-10-11-6-4-3-5-7-11/h2-7,12H,1,8-10H2,(H2,16,18)(H,17,20). The van der Waals surface area contributed by atoms with Crippen molar-refractivity contribution in [1.29, 1.82) is 0 Å². The molecule has 0 spiro atoms. The van der Waals surface area contributed by atoms with E-state index in [1.54, 1.807) is 24.3 Å². The summed E-state index contributed by atoms with van der Waals surface area (Å²) < 4.78 is 9.75. The number of amides is 2. The Balaban J connectivity index is 2.52. The van der Waals surface area contributed by atoms with Crippen LogP contribution in [0.15, 0.2) is 43.0 Å². The lowest BCUT2D eigenvalue weighted by Gasteiger charge is -2.15. The fraction of sp³-hybridized carbons (Fsp3) is 0.267. The van der Waals surface area contributed by atoms with Crippen LogP contribution in [0, 0.1) is 0 Å². The van der Waals surface area contributed by atoms with E-state index in [4.69, 9.17) is 15.2 Å². The summed E-state index contributed by atoms with van der Waals surface area (Å²) in [5.41, 5.74) is 5.83. The third-order valence-electron chi connectivity index (χ3n) is 2.54. The zero-order chi connectivity index (χ0) is 16.4. The maximum atomic E-state index is 11.7. The number of nitrogens with one attached hydrogen (secondary N) is 1. The second-order valence-corrected chi connectivity index (χ2v) is 4.35. The minimum absolute atomic E-state index is 0.0329. The molecule has 0 fully saturated rings. The maximum absolute atomic E-state index is 11.7. The summed E-state index contributed by atoms with van der Waals surface area (Å²) >= 11 is 0. The average Bonchev–Trinajstić information content (AvgIpc) is 2.50. The van der Waals surface area contributed by atoms with Gasteiger partial charge in [-0.15, -0.1) is 0 Å². The zero-order valence-electron chi connectivity index (χ0n) is 12.0. The molecule has 7 nitrogen and oxygen atoms in total. The molecule has 3 N–H and O–H groups in total. The monoisotopic (exact) mass is 306 g/mol. The van der Waals surface area contributed by atoms with Crippen molar-refractivity contribution < 1.29 is 23.9 Å². The lowest BCUT2D eigenvalue weighted by atomic mass is 10.2. The van der Waals surface area contributed by atoms with Crippen molar-refractivity contribution in [3.8, 4) is 0 Å². The molecule has 2 amide bonds. The number of hydrogen-bond donors (Lipinski definition) is 2. The highest BCUT2D eigenvalue weighted by Gasteiger charge is 2.24. The number of alkyl carbamates (subject to hydrolysis) is 1. The van der Waals surface area contributed by atoms with Crippen LogP contribution in [0.1, 0.15) is 12.0 Å². The number of rotatable bonds is 8. The molecule has 0 aliphatic carbocycles. The number of benzene rings is 1. The quantitative estimate of drug-likeness (QED) is 0.547. The number of ether oxygens (including phenoxy) is 2. The van der Waals surface area contributed by atoms with Crippen LogP contribution >= 0.6 is 0 Å². The van der Waals surface area contributed by atoms with Crippen molar-refractivity contribution in [3.05, 3.63) is 48.6 Å². The molecule has 1 unspecified atom stereocenters. The van der Waals surface area contributed by atoms with Gasteiger partial charge in [-0.25, -0.2) is 9.59 Å². The fourth-order valence-corrected chi connectivity index (χ4v) is 1.54. The molecule has 0 saturated carbocycles. The summed E-state index contributed by atoms with van der Waals surface area (Å²) in [6.45, 7) is 3.40. The summed E-state index contributed by atoms with van der Waals surface area (Å²) in [4.78, 5) is 34.3. The molecule has 0 bridgehead atoms. The Morgan fingerprint density at radius 2 is 1.91 bits per heavy atom. The Bertz CT molecular complexity index is 530. The summed E-state index contributed by atoms with van der Waals surface area (Å²) in [6, 6.07) is 7.82. The van der Waals surface area contributed by atoms with E-state index in [1.165, 1.54) is 6.08 Å². The van der Waals surface area contributed by atoms with Gasteiger partial charge in [-0.05, 0) is 5.56 Å². The molecule has 1 aromatic carbocycles. The summed E-state index contributed by atoms with van der Waals surface area (Å²) in [7, 11) is 0. The van der Waals surface area contributed by atoms with Gasteiger partial charge in [0.1, 0.15) is 19.3 Å². The van der Waals surface area contributed by atoms with Crippen molar-refractivity contribution in [3.63, 3.8) is 0 Å². The second-order valence-electron chi connectivity index (χ2n) is 4.35. The molecule has 0 aliphatic heterocycles. The highest BCUT2D eigenvalue weighted by Crippen LogP contribution is 2.02. The molecule has 118 valence electrons. The Kier molecular flexibility index (Phi) is 7.18. The number of hydrogen-bond acceptors (Lipinski definition) is 5. The van der Waals surface area contributed by atoms with Crippen LogP contribution in [0.2, 0.25) is 0 Å². The molecule has 0 aliphatic rings. The van der Waals surface area contributed by atoms with Crippen LogP contribution < -0.4 is 11.1 Å². The van der Waals surface area contributed by atoms with E-state index in [0.717, 1.165) is 5.56 Å².